The van der Waals surface area contributed by atoms with Crippen molar-refractivity contribution in [3.63, 3.8) is 0 Å². The zero-order valence-electron chi connectivity index (χ0n) is 13.6. The first-order valence-corrected chi connectivity index (χ1v) is 7.76. The van der Waals surface area contributed by atoms with Gasteiger partial charge in [0.15, 0.2) is 0 Å². The average Bonchev–Trinajstić information content (AvgIpc) is 3.06. The van der Waals surface area contributed by atoms with Gasteiger partial charge in [-0.2, -0.15) is 0 Å². The Morgan fingerprint density at radius 1 is 1.20 bits per heavy atom. The predicted octanol–water partition coefficient (Wildman–Crippen LogP) is 2.11. The molecule has 2 heterocycles. The number of hydrogen-bond acceptors (Lipinski definition) is 6. The summed E-state index contributed by atoms with van der Waals surface area (Å²) in [6.07, 6.45) is 2.40. The van der Waals surface area contributed by atoms with E-state index in [9.17, 15) is 9.90 Å². The highest BCUT2D eigenvalue weighted by Gasteiger charge is 2.09. The topological polar surface area (TPSA) is 105 Å². The Hall–Kier alpha value is -3.26. The van der Waals surface area contributed by atoms with Crippen molar-refractivity contribution in [2.24, 2.45) is 0 Å². The number of nitrogens with one attached hydrogen (secondary N) is 2. The van der Waals surface area contributed by atoms with E-state index >= 15 is 0 Å². The summed E-state index contributed by atoms with van der Waals surface area (Å²) in [6.45, 7) is 1.59. The molecule has 0 aliphatic rings. The minimum absolute atomic E-state index is 0.00371. The van der Waals surface area contributed by atoms with Crippen molar-refractivity contribution in [3.8, 4) is 0 Å². The molecule has 2 aromatic heterocycles. The van der Waals surface area contributed by atoms with Gasteiger partial charge in [0.2, 0.25) is 5.91 Å². The Bertz CT molecular complexity index is 830. The molecule has 8 heteroatoms. The van der Waals surface area contributed by atoms with Crippen molar-refractivity contribution in [2.45, 2.75) is 19.6 Å². The number of carbonyl (C=O) groups is 1. The molecule has 0 saturated carbocycles. The lowest BCUT2D eigenvalue weighted by molar-refractivity contribution is -0.116. The Labute approximate surface area is 144 Å². The molecule has 1 amide bonds. The first-order chi connectivity index (χ1) is 12.1. The van der Waals surface area contributed by atoms with Crippen LogP contribution in [0.15, 0.2) is 54.9 Å². The molecule has 0 unspecified atom stereocenters. The summed E-state index contributed by atoms with van der Waals surface area (Å²) < 4.78 is 1.37. The number of amides is 1. The molecule has 3 aromatic rings. The van der Waals surface area contributed by atoms with Crippen molar-refractivity contribution >= 4 is 23.1 Å². The van der Waals surface area contributed by atoms with Crippen molar-refractivity contribution in [3.05, 3.63) is 60.6 Å². The molecule has 1 aromatic carbocycles. The molecule has 0 bridgehead atoms. The second-order valence-electron chi connectivity index (χ2n) is 5.49. The van der Waals surface area contributed by atoms with Gasteiger partial charge in [0.25, 0.3) is 0 Å². The molecule has 25 heavy (non-hydrogen) atoms. The molecule has 0 fully saturated rings. The second kappa shape index (κ2) is 7.54. The number of aromatic nitrogens is 4. The highest BCUT2D eigenvalue weighted by atomic mass is 16.3. The highest BCUT2D eigenvalue weighted by molar-refractivity contribution is 5.90. The number of carbonyl (C=O) groups excluding carboxylic acids is 1. The smallest absolute Gasteiger partial charge is 0.246 e. The number of anilines is 3. The van der Waals surface area contributed by atoms with Gasteiger partial charge in [-0.1, -0.05) is 23.4 Å². The third-order valence-corrected chi connectivity index (χ3v) is 3.38. The number of aliphatic hydroxyl groups excluding tert-OH is 1. The Balaban J connectivity index is 1.56. The third-order valence-electron chi connectivity index (χ3n) is 3.38. The standard InChI is InChI=1S/C17H18N6O2/c1-12(24)15-10-23(22-21-15)11-17(25)20-14-7-8-16(18-9-14)19-13-5-3-2-4-6-13/h2-10,12,24H,11H2,1H3,(H,18,19)(H,20,25)/t12-/m0/s1. The Morgan fingerprint density at radius 2 is 2.00 bits per heavy atom. The molecule has 0 aliphatic carbocycles. The molecule has 0 saturated heterocycles. The van der Waals surface area contributed by atoms with Crippen LogP contribution in [0.3, 0.4) is 0 Å². The number of pyridine rings is 1. The summed E-state index contributed by atoms with van der Waals surface area (Å²) in [6, 6.07) is 13.2. The van der Waals surface area contributed by atoms with E-state index in [1.54, 1.807) is 25.3 Å². The van der Waals surface area contributed by atoms with Crippen LogP contribution < -0.4 is 10.6 Å². The predicted molar refractivity (Wildman–Crippen MR) is 93.2 cm³/mol. The van der Waals surface area contributed by atoms with Crippen molar-refractivity contribution in [2.75, 3.05) is 10.6 Å². The fraction of sp³-hybridized carbons (Fsp3) is 0.176. The Morgan fingerprint density at radius 3 is 2.64 bits per heavy atom. The van der Waals surface area contributed by atoms with E-state index in [-0.39, 0.29) is 12.5 Å². The van der Waals surface area contributed by atoms with E-state index in [1.165, 1.54) is 10.9 Å². The quantitative estimate of drug-likeness (QED) is 0.636. The minimum atomic E-state index is -0.717. The van der Waals surface area contributed by atoms with Crippen LogP contribution in [-0.2, 0) is 11.3 Å². The van der Waals surface area contributed by atoms with Gasteiger partial charge in [-0.15, -0.1) is 5.10 Å². The van der Waals surface area contributed by atoms with Gasteiger partial charge >= 0.3 is 0 Å². The largest absolute Gasteiger partial charge is 0.387 e. The molecular weight excluding hydrogens is 320 g/mol. The van der Waals surface area contributed by atoms with Crippen LogP contribution in [0.1, 0.15) is 18.7 Å². The van der Waals surface area contributed by atoms with Crippen LogP contribution >= 0.6 is 0 Å². The van der Waals surface area contributed by atoms with Gasteiger partial charge in [0.05, 0.1) is 24.2 Å². The zero-order chi connectivity index (χ0) is 17.6. The van der Waals surface area contributed by atoms with Gasteiger partial charge in [0, 0.05) is 5.69 Å². The lowest BCUT2D eigenvalue weighted by atomic mass is 10.3. The number of rotatable bonds is 6. The molecule has 128 valence electrons. The van der Waals surface area contributed by atoms with Crippen LogP contribution in [0.4, 0.5) is 17.2 Å². The number of benzene rings is 1. The van der Waals surface area contributed by atoms with Crippen molar-refractivity contribution < 1.29 is 9.90 Å². The van der Waals surface area contributed by atoms with E-state index in [0.29, 0.717) is 17.2 Å². The van der Waals surface area contributed by atoms with Gasteiger partial charge < -0.3 is 15.7 Å². The summed E-state index contributed by atoms with van der Waals surface area (Å²) in [5, 5.41) is 22.9. The maximum atomic E-state index is 12.0. The molecule has 8 nitrogen and oxygen atoms in total. The minimum Gasteiger partial charge on any atom is -0.387 e. The Kier molecular flexibility index (Phi) is 5.00. The fourth-order valence-corrected chi connectivity index (χ4v) is 2.14. The van der Waals surface area contributed by atoms with E-state index in [0.717, 1.165) is 5.69 Å². The molecule has 1 atom stereocenters. The molecule has 0 radical (unpaired) electrons. The first-order valence-electron chi connectivity index (χ1n) is 7.76. The van der Waals surface area contributed by atoms with Crippen molar-refractivity contribution in [1.82, 2.24) is 20.0 Å². The van der Waals surface area contributed by atoms with E-state index in [1.807, 2.05) is 30.3 Å². The summed E-state index contributed by atoms with van der Waals surface area (Å²) in [7, 11) is 0. The summed E-state index contributed by atoms with van der Waals surface area (Å²) in [5.41, 5.74) is 1.94. The maximum Gasteiger partial charge on any atom is 0.246 e. The number of nitrogens with zero attached hydrogens (tertiary/aromatic N) is 4. The SMILES string of the molecule is C[C@H](O)c1cn(CC(=O)Nc2ccc(Nc3ccccc3)nc2)nn1. The number of aliphatic hydroxyl groups is 1. The fourth-order valence-electron chi connectivity index (χ4n) is 2.14. The molecular formula is C17H18N6O2. The van der Waals surface area contributed by atoms with Crippen LogP contribution in [0.2, 0.25) is 0 Å². The van der Waals surface area contributed by atoms with Gasteiger partial charge in [0.1, 0.15) is 18.1 Å². The average molecular weight is 338 g/mol. The van der Waals surface area contributed by atoms with Crippen molar-refractivity contribution in [1.29, 1.82) is 0 Å². The van der Waals surface area contributed by atoms with E-state index < -0.39 is 6.10 Å². The van der Waals surface area contributed by atoms with Crippen LogP contribution in [0.5, 0.6) is 0 Å². The summed E-state index contributed by atoms with van der Waals surface area (Å²) >= 11 is 0. The molecule has 0 aliphatic heterocycles. The third kappa shape index (κ3) is 4.61. The first kappa shape index (κ1) is 16.6. The lowest BCUT2D eigenvalue weighted by Crippen LogP contribution is -2.19. The summed E-state index contributed by atoms with van der Waals surface area (Å²) in [4.78, 5) is 16.3. The number of hydrogen-bond donors (Lipinski definition) is 3. The molecule has 0 spiro atoms. The van der Waals surface area contributed by atoms with Gasteiger partial charge in [-0.25, -0.2) is 9.67 Å². The van der Waals surface area contributed by atoms with Gasteiger partial charge in [-0.3, -0.25) is 4.79 Å². The number of para-hydroxylation sites is 1. The van der Waals surface area contributed by atoms with Crippen LogP contribution in [-0.4, -0.2) is 31.0 Å². The summed E-state index contributed by atoms with van der Waals surface area (Å²) in [5.74, 6) is 0.426. The van der Waals surface area contributed by atoms with Gasteiger partial charge in [-0.05, 0) is 31.2 Å². The normalized spacial score (nSPS) is 11.8. The molecule has 3 N–H and O–H groups in total. The van der Waals surface area contributed by atoms with E-state index in [4.69, 9.17) is 0 Å². The van der Waals surface area contributed by atoms with E-state index in [2.05, 4.69) is 25.9 Å². The zero-order valence-corrected chi connectivity index (χ0v) is 13.6. The monoisotopic (exact) mass is 338 g/mol. The second-order valence-corrected chi connectivity index (χ2v) is 5.49. The van der Waals surface area contributed by atoms with Crippen LogP contribution in [0, 0.1) is 0 Å². The van der Waals surface area contributed by atoms with Crippen LogP contribution in [0.25, 0.3) is 0 Å². The highest BCUT2D eigenvalue weighted by Crippen LogP contribution is 2.15. The lowest BCUT2D eigenvalue weighted by Gasteiger charge is -2.07. The maximum absolute atomic E-state index is 12.0. The molecule has 3 rings (SSSR count).